The normalized spacial score (nSPS) is 17.0. The summed E-state index contributed by atoms with van der Waals surface area (Å²) in [6.45, 7) is 4.01. The molecular formula is C19H17N3O2. The predicted octanol–water partition coefficient (Wildman–Crippen LogP) is 2.98. The van der Waals surface area contributed by atoms with Gasteiger partial charge < -0.3 is 4.84 Å². The van der Waals surface area contributed by atoms with Crippen LogP contribution in [0.2, 0.25) is 0 Å². The minimum atomic E-state index is -0.627. The molecule has 0 aromatic heterocycles. The molecule has 3 rings (SSSR count). The first kappa shape index (κ1) is 15.8. The molecule has 2 aromatic rings. The van der Waals surface area contributed by atoms with Crippen molar-refractivity contribution in [3.05, 3.63) is 70.8 Å². The van der Waals surface area contributed by atoms with Gasteiger partial charge >= 0.3 is 0 Å². The van der Waals surface area contributed by atoms with Crippen LogP contribution in [0.4, 0.5) is 0 Å². The summed E-state index contributed by atoms with van der Waals surface area (Å²) in [5, 5.41) is 13.2. The third-order valence-corrected chi connectivity index (χ3v) is 3.84. The number of carbonyl (C=O) groups is 1. The van der Waals surface area contributed by atoms with Gasteiger partial charge in [0.1, 0.15) is 0 Å². The van der Waals surface area contributed by atoms with Crippen molar-refractivity contribution in [1.29, 1.82) is 5.26 Å². The largest absolute Gasteiger partial charge is 0.381 e. The summed E-state index contributed by atoms with van der Waals surface area (Å²) in [6, 6.07) is 17.1. The number of rotatable bonds is 3. The van der Waals surface area contributed by atoms with Gasteiger partial charge in [-0.05, 0) is 37.6 Å². The number of hydrogen-bond acceptors (Lipinski definition) is 4. The lowest BCUT2D eigenvalue weighted by Gasteiger charge is -2.30. The molecule has 0 fully saturated rings. The SMILES string of the molecule is Cc1cccc(C2=NOC(C)C(=O)N2Cc2cccc(C#N)c2)c1. The molecule has 0 aliphatic carbocycles. The lowest BCUT2D eigenvalue weighted by molar-refractivity contribution is -0.142. The molecule has 5 heteroatoms. The van der Waals surface area contributed by atoms with Gasteiger partial charge in [0.05, 0.1) is 18.2 Å². The van der Waals surface area contributed by atoms with Gasteiger partial charge in [0.2, 0.25) is 6.10 Å². The topological polar surface area (TPSA) is 65.7 Å². The maximum absolute atomic E-state index is 12.6. The third-order valence-electron chi connectivity index (χ3n) is 3.84. The lowest BCUT2D eigenvalue weighted by Crippen LogP contribution is -2.46. The molecule has 0 radical (unpaired) electrons. The summed E-state index contributed by atoms with van der Waals surface area (Å²) in [5.74, 6) is 0.341. The zero-order chi connectivity index (χ0) is 17.1. The number of carbonyl (C=O) groups excluding carboxylic acids is 1. The highest BCUT2D eigenvalue weighted by molar-refractivity contribution is 6.09. The number of nitriles is 1. The van der Waals surface area contributed by atoms with E-state index in [0.717, 1.165) is 16.7 Å². The predicted molar refractivity (Wildman–Crippen MR) is 90.0 cm³/mol. The summed E-state index contributed by atoms with van der Waals surface area (Å²) in [5.41, 5.74) is 3.34. The number of amides is 1. The molecule has 1 aliphatic heterocycles. The second kappa shape index (κ2) is 6.55. The Hall–Kier alpha value is -3.13. The molecule has 5 nitrogen and oxygen atoms in total. The van der Waals surface area contributed by atoms with E-state index in [1.54, 1.807) is 24.0 Å². The summed E-state index contributed by atoms with van der Waals surface area (Å²) in [4.78, 5) is 19.5. The fraction of sp³-hybridized carbons (Fsp3) is 0.211. The molecule has 1 unspecified atom stereocenters. The van der Waals surface area contributed by atoms with Crippen molar-refractivity contribution in [2.45, 2.75) is 26.5 Å². The van der Waals surface area contributed by atoms with Gasteiger partial charge in [0.15, 0.2) is 5.84 Å². The highest BCUT2D eigenvalue weighted by Gasteiger charge is 2.31. The fourth-order valence-corrected chi connectivity index (χ4v) is 2.61. The van der Waals surface area contributed by atoms with Crippen molar-refractivity contribution >= 4 is 11.7 Å². The van der Waals surface area contributed by atoms with Crippen LogP contribution in [0, 0.1) is 18.3 Å². The molecular weight excluding hydrogens is 302 g/mol. The Bertz CT molecular complexity index is 852. The van der Waals surface area contributed by atoms with Crippen molar-refractivity contribution in [3.63, 3.8) is 0 Å². The Morgan fingerprint density at radius 3 is 2.79 bits per heavy atom. The van der Waals surface area contributed by atoms with Gasteiger partial charge in [-0.2, -0.15) is 5.26 Å². The van der Waals surface area contributed by atoms with Crippen LogP contribution in [0.5, 0.6) is 0 Å². The molecule has 0 bridgehead atoms. The number of aryl methyl sites for hydroxylation is 1. The Morgan fingerprint density at radius 1 is 1.25 bits per heavy atom. The van der Waals surface area contributed by atoms with E-state index in [0.29, 0.717) is 17.9 Å². The van der Waals surface area contributed by atoms with Gasteiger partial charge in [-0.1, -0.05) is 41.1 Å². The highest BCUT2D eigenvalue weighted by Crippen LogP contribution is 2.19. The summed E-state index contributed by atoms with van der Waals surface area (Å²) < 4.78 is 0. The van der Waals surface area contributed by atoms with Gasteiger partial charge in [0, 0.05) is 5.56 Å². The molecule has 0 spiro atoms. The summed E-state index contributed by atoms with van der Waals surface area (Å²) in [6.07, 6.45) is -0.627. The van der Waals surface area contributed by atoms with Crippen LogP contribution in [0.1, 0.15) is 29.2 Å². The Kier molecular flexibility index (Phi) is 4.30. The van der Waals surface area contributed by atoms with Crippen LogP contribution in [-0.2, 0) is 16.2 Å². The monoisotopic (exact) mass is 319 g/mol. The van der Waals surface area contributed by atoms with Crippen molar-refractivity contribution in [2.24, 2.45) is 5.16 Å². The number of benzene rings is 2. The van der Waals surface area contributed by atoms with Gasteiger partial charge in [-0.25, -0.2) is 0 Å². The van der Waals surface area contributed by atoms with E-state index in [1.165, 1.54) is 0 Å². The van der Waals surface area contributed by atoms with E-state index in [4.69, 9.17) is 10.1 Å². The number of hydrogen-bond donors (Lipinski definition) is 0. The third kappa shape index (κ3) is 3.13. The fourth-order valence-electron chi connectivity index (χ4n) is 2.61. The minimum absolute atomic E-state index is 0.149. The first-order chi connectivity index (χ1) is 11.6. The van der Waals surface area contributed by atoms with Crippen molar-refractivity contribution in [2.75, 3.05) is 0 Å². The van der Waals surface area contributed by atoms with E-state index in [-0.39, 0.29) is 5.91 Å². The quantitative estimate of drug-likeness (QED) is 0.873. The standard InChI is InChI=1S/C19H17N3O2/c1-13-5-3-8-17(9-13)18-21-24-14(2)19(23)22(18)12-16-7-4-6-15(10-16)11-20/h3-10,14H,12H2,1-2H3. The van der Waals surface area contributed by atoms with Gasteiger partial charge in [-0.15, -0.1) is 0 Å². The smallest absolute Gasteiger partial charge is 0.272 e. The van der Waals surface area contributed by atoms with Crippen molar-refractivity contribution < 1.29 is 9.63 Å². The van der Waals surface area contributed by atoms with E-state index < -0.39 is 6.10 Å². The first-order valence-corrected chi connectivity index (χ1v) is 7.70. The molecule has 1 aliphatic rings. The Labute approximate surface area is 140 Å². The molecule has 0 saturated carbocycles. The van der Waals surface area contributed by atoms with Crippen LogP contribution in [-0.4, -0.2) is 22.7 Å². The minimum Gasteiger partial charge on any atom is -0.381 e. The average Bonchev–Trinajstić information content (AvgIpc) is 2.59. The molecule has 120 valence electrons. The maximum atomic E-state index is 12.6. The number of oxime groups is 1. The van der Waals surface area contributed by atoms with Crippen LogP contribution in [0.3, 0.4) is 0 Å². The molecule has 1 amide bonds. The van der Waals surface area contributed by atoms with E-state index >= 15 is 0 Å². The van der Waals surface area contributed by atoms with Crippen LogP contribution in [0.15, 0.2) is 53.7 Å². The number of amidine groups is 1. The zero-order valence-electron chi connectivity index (χ0n) is 13.6. The summed E-state index contributed by atoms with van der Waals surface area (Å²) >= 11 is 0. The molecule has 24 heavy (non-hydrogen) atoms. The van der Waals surface area contributed by atoms with E-state index in [2.05, 4.69) is 11.2 Å². The Morgan fingerprint density at radius 2 is 2.04 bits per heavy atom. The van der Waals surface area contributed by atoms with Crippen LogP contribution in [0.25, 0.3) is 0 Å². The van der Waals surface area contributed by atoms with Gasteiger partial charge in [-0.3, -0.25) is 9.69 Å². The molecule has 1 atom stereocenters. The molecule has 0 N–H and O–H groups in total. The molecule has 2 aromatic carbocycles. The second-order valence-electron chi connectivity index (χ2n) is 5.77. The number of nitrogens with zero attached hydrogens (tertiary/aromatic N) is 3. The van der Waals surface area contributed by atoms with E-state index in [9.17, 15) is 4.79 Å². The Balaban J connectivity index is 1.97. The summed E-state index contributed by atoms with van der Waals surface area (Å²) in [7, 11) is 0. The van der Waals surface area contributed by atoms with E-state index in [1.807, 2.05) is 43.3 Å². The average molecular weight is 319 g/mol. The van der Waals surface area contributed by atoms with Gasteiger partial charge in [0.25, 0.3) is 5.91 Å². The van der Waals surface area contributed by atoms with Crippen molar-refractivity contribution in [1.82, 2.24) is 4.90 Å². The van der Waals surface area contributed by atoms with Crippen molar-refractivity contribution in [3.8, 4) is 6.07 Å². The highest BCUT2D eigenvalue weighted by atomic mass is 16.6. The lowest BCUT2D eigenvalue weighted by atomic mass is 10.1. The molecule has 0 saturated heterocycles. The second-order valence-corrected chi connectivity index (χ2v) is 5.77. The van der Waals surface area contributed by atoms with Crippen LogP contribution >= 0.6 is 0 Å². The molecule has 1 heterocycles. The zero-order valence-corrected chi connectivity index (χ0v) is 13.6. The maximum Gasteiger partial charge on any atom is 0.272 e. The van der Waals surface area contributed by atoms with Crippen LogP contribution < -0.4 is 0 Å². The first-order valence-electron chi connectivity index (χ1n) is 7.70.